The summed E-state index contributed by atoms with van der Waals surface area (Å²) in [5.74, 6) is 0.787. The molecule has 0 aliphatic carbocycles. The number of nitrogens with one attached hydrogen (secondary N) is 3. The van der Waals surface area contributed by atoms with E-state index in [1.54, 1.807) is 18.4 Å². The Bertz CT molecular complexity index is 779. The molecule has 1 aromatic heterocycles. The fraction of sp³-hybridized carbons (Fsp3) is 0.333. The Morgan fingerprint density at radius 3 is 2.96 bits per heavy atom. The summed E-state index contributed by atoms with van der Waals surface area (Å²) in [4.78, 5) is 25.6. The van der Waals surface area contributed by atoms with Gasteiger partial charge in [-0.25, -0.2) is 4.79 Å². The summed E-state index contributed by atoms with van der Waals surface area (Å²) < 4.78 is 5.28. The quantitative estimate of drug-likeness (QED) is 0.748. The van der Waals surface area contributed by atoms with E-state index in [0.29, 0.717) is 30.2 Å². The molecular formula is C18H21ClN4O3. The van der Waals surface area contributed by atoms with Crippen LogP contribution in [0.15, 0.2) is 41.0 Å². The van der Waals surface area contributed by atoms with E-state index in [4.69, 9.17) is 16.0 Å². The molecule has 0 bridgehead atoms. The van der Waals surface area contributed by atoms with Crippen LogP contribution in [0.1, 0.15) is 12.7 Å². The number of nitrogens with zero attached hydrogens (tertiary/aromatic N) is 1. The molecule has 1 aliphatic heterocycles. The Kier molecular flexibility index (Phi) is 5.68. The predicted octanol–water partition coefficient (Wildman–Crippen LogP) is 2.62. The summed E-state index contributed by atoms with van der Waals surface area (Å²) in [7, 11) is 0. The summed E-state index contributed by atoms with van der Waals surface area (Å²) in [5, 5.41) is 8.89. The van der Waals surface area contributed by atoms with Crippen LogP contribution in [0.4, 0.5) is 16.2 Å². The minimum Gasteiger partial charge on any atom is -0.469 e. The van der Waals surface area contributed by atoms with Crippen molar-refractivity contribution in [1.82, 2.24) is 10.6 Å². The van der Waals surface area contributed by atoms with E-state index >= 15 is 0 Å². The van der Waals surface area contributed by atoms with Crippen LogP contribution < -0.4 is 20.9 Å². The van der Waals surface area contributed by atoms with Crippen molar-refractivity contribution in [3.63, 3.8) is 0 Å². The van der Waals surface area contributed by atoms with Crippen LogP contribution in [0, 0.1) is 0 Å². The lowest BCUT2D eigenvalue weighted by Gasteiger charge is -2.29. The van der Waals surface area contributed by atoms with Crippen LogP contribution in [0.5, 0.6) is 0 Å². The second-order valence-electron chi connectivity index (χ2n) is 6.22. The van der Waals surface area contributed by atoms with Crippen LogP contribution in [-0.4, -0.2) is 37.6 Å². The standard InChI is InChI=1S/C18H21ClN4O3/c1-12(9-14-3-2-8-26-14)21-18(25)22-13-4-5-16(15(19)10-13)23-7-6-20-17(24)11-23/h2-5,8,10,12H,6-7,9,11H2,1H3,(H,20,24)(H2,21,22,25). The third-order valence-electron chi connectivity index (χ3n) is 4.05. The van der Waals surface area contributed by atoms with Crippen LogP contribution in [0.3, 0.4) is 0 Å². The van der Waals surface area contributed by atoms with Crippen molar-refractivity contribution in [2.75, 3.05) is 29.9 Å². The normalized spacial score (nSPS) is 15.3. The van der Waals surface area contributed by atoms with Crippen molar-refractivity contribution in [1.29, 1.82) is 0 Å². The molecule has 1 saturated heterocycles. The second kappa shape index (κ2) is 8.14. The molecule has 7 nitrogen and oxygen atoms in total. The molecule has 1 atom stereocenters. The van der Waals surface area contributed by atoms with E-state index in [1.807, 2.05) is 30.0 Å². The lowest BCUT2D eigenvalue weighted by Crippen LogP contribution is -2.47. The third-order valence-corrected chi connectivity index (χ3v) is 4.35. The SMILES string of the molecule is CC(Cc1ccco1)NC(=O)Nc1ccc(N2CCNC(=O)C2)c(Cl)c1. The topological polar surface area (TPSA) is 86.6 Å². The zero-order valence-corrected chi connectivity index (χ0v) is 15.2. The lowest BCUT2D eigenvalue weighted by atomic mass is 10.2. The van der Waals surface area contributed by atoms with Gasteiger partial charge in [0.2, 0.25) is 5.91 Å². The number of rotatable bonds is 5. The zero-order chi connectivity index (χ0) is 18.5. The number of carbonyl (C=O) groups is 2. The van der Waals surface area contributed by atoms with Gasteiger partial charge in [0.15, 0.2) is 0 Å². The van der Waals surface area contributed by atoms with Gasteiger partial charge < -0.3 is 25.3 Å². The van der Waals surface area contributed by atoms with Crippen LogP contribution in [-0.2, 0) is 11.2 Å². The molecule has 1 unspecified atom stereocenters. The second-order valence-corrected chi connectivity index (χ2v) is 6.63. The Labute approximate surface area is 156 Å². The number of piperazine rings is 1. The van der Waals surface area contributed by atoms with Gasteiger partial charge in [-0.15, -0.1) is 0 Å². The van der Waals surface area contributed by atoms with Crippen molar-refractivity contribution in [3.05, 3.63) is 47.4 Å². The first kappa shape index (κ1) is 18.1. The van der Waals surface area contributed by atoms with Gasteiger partial charge in [0.05, 0.1) is 23.5 Å². The average molecular weight is 377 g/mol. The Morgan fingerprint density at radius 1 is 1.42 bits per heavy atom. The molecule has 3 N–H and O–H groups in total. The first-order valence-electron chi connectivity index (χ1n) is 8.42. The average Bonchev–Trinajstić information content (AvgIpc) is 3.07. The van der Waals surface area contributed by atoms with E-state index in [0.717, 1.165) is 11.4 Å². The number of benzene rings is 1. The summed E-state index contributed by atoms with van der Waals surface area (Å²) in [6.45, 7) is 3.46. The number of amides is 3. The van der Waals surface area contributed by atoms with Gasteiger partial charge in [0.25, 0.3) is 0 Å². The molecule has 3 amide bonds. The minimum atomic E-state index is -0.315. The summed E-state index contributed by atoms with van der Waals surface area (Å²) in [6, 6.07) is 8.55. The van der Waals surface area contributed by atoms with Crippen molar-refractivity contribution in [3.8, 4) is 0 Å². The number of hydrogen-bond donors (Lipinski definition) is 3. The first-order chi connectivity index (χ1) is 12.5. The molecule has 1 aliphatic rings. The third kappa shape index (κ3) is 4.70. The van der Waals surface area contributed by atoms with Crippen molar-refractivity contribution >= 4 is 34.9 Å². The van der Waals surface area contributed by atoms with Gasteiger partial charge in [-0.1, -0.05) is 11.6 Å². The number of hydrogen-bond acceptors (Lipinski definition) is 4. The first-order valence-corrected chi connectivity index (χ1v) is 8.80. The van der Waals surface area contributed by atoms with Gasteiger partial charge in [0, 0.05) is 31.2 Å². The summed E-state index contributed by atoms with van der Waals surface area (Å²) in [5.41, 5.74) is 1.36. The van der Waals surface area contributed by atoms with Crippen LogP contribution >= 0.6 is 11.6 Å². The molecule has 2 aromatic rings. The highest BCUT2D eigenvalue weighted by Gasteiger charge is 2.19. The number of halogens is 1. The van der Waals surface area contributed by atoms with Gasteiger partial charge in [0.1, 0.15) is 5.76 Å². The van der Waals surface area contributed by atoms with Crippen molar-refractivity contribution in [2.24, 2.45) is 0 Å². The fourth-order valence-corrected chi connectivity index (χ4v) is 3.16. The van der Waals surface area contributed by atoms with Crippen LogP contribution in [0.2, 0.25) is 5.02 Å². The Morgan fingerprint density at radius 2 is 2.27 bits per heavy atom. The van der Waals surface area contributed by atoms with Gasteiger partial charge in [-0.2, -0.15) is 0 Å². The molecule has 0 radical (unpaired) electrons. The Balaban J connectivity index is 1.56. The number of urea groups is 1. The highest BCUT2D eigenvalue weighted by Crippen LogP contribution is 2.29. The molecule has 0 spiro atoms. The molecule has 1 fully saturated rings. The fourth-order valence-electron chi connectivity index (χ4n) is 2.86. The number of furan rings is 1. The molecule has 0 saturated carbocycles. The highest BCUT2D eigenvalue weighted by atomic mass is 35.5. The predicted molar refractivity (Wildman–Crippen MR) is 101 cm³/mol. The maximum atomic E-state index is 12.1. The Hall–Kier alpha value is -2.67. The molecule has 26 heavy (non-hydrogen) atoms. The number of carbonyl (C=O) groups excluding carboxylic acids is 2. The van der Waals surface area contributed by atoms with Crippen molar-refractivity contribution in [2.45, 2.75) is 19.4 Å². The van der Waals surface area contributed by atoms with E-state index in [2.05, 4.69) is 16.0 Å². The molecule has 1 aromatic carbocycles. The monoisotopic (exact) mass is 376 g/mol. The van der Waals surface area contributed by atoms with E-state index < -0.39 is 0 Å². The smallest absolute Gasteiger partial charge is 0.319 e. The zero-order valence-electron chi connectivity index (χ0n) is 14.4. The molecule has 8 heteroatoms. The van der Waals surface area contributed by atoms with Crippen molar-refractivity contribution < 1.29 is 14.0 Å². The summed E-state index contributed by atoms with van der Waals surface area (Å²) >= 11 is 6.34. The lowest BCUT2D eigenvalue weighted by molar-refractivity contribution is -0.120. The molecule has 138 valence electrons. The van der Waals surface area contributed by atoms with E-state index in [-0.39, 0.29) is 24.5 Å². The summed E-state index contributed by atoms with van der Waals surface area (Å²) in [6.07, 6.45) is 2.22. The molecule has 3 rings (SSSR count). The highest BCUT2D eigenvalue weighted by molar-refractivity contribution is 6.33. The van der Waals surface area contributed by atoms with E-state index in [9.17, 15) is 9.59 Å². The largest absolute Gasteiger partial charge is 0.469 e. The minimum absolute atomic E-state index is 0.0283. The molecule has 2 heterocycles. The maximum absolute atomic E-state index is 12.1. The maximum Gasteiger partial charge on any atom is 0.319 e. The molecular weight excluding hydrogens is 356 g/mol. The van der Waals surface area contributed by atoms with Crippen LogP contribution in [0.25, 0.3) is 0 Å². The van der Waals surface area contributed by atoms with Gasteiger partial charge in [-0.3, -0.25) is 4.79 Å². The van der Waals surface area contributed by atoms with Gasteiger partial charge >= 0.3 is 6.03 Å². The van der Waals surface area contributed by atoms with E-state index in [1.165, 1.54) is 0 Å². The number of anilines is 2. The van der Waals surface area contributed by atoms with Gasteiger partial charge in [-0.05, 0) is 37.3 Å².